The molecule has 1 amide bonds. The fourth-order valence-electron chi connectivity index (χ4n) is 3.44. The Hall–Kier alpha value is -3.21. The third kappa shape index (κ3) is 3.53. The molecular formula is C22H18F2N2O. The molecule has 3 aromatic rings. The van der Waals surface area contributed by atoms with Crippen LogP contribution in [0.1, 0.15) is 5.56 Å². The second-order valence-electron chi connectivity index (χ2n) is 6.53. The Labute approximate surface area is 156 Å². The number of nitrogens with zero attached hydrogens (tertiary/aromatic N) is 1. The van der Waals surface area contributed by atoms with Gasteiger partial charge in [-0.05, 0) is 29.7 Å². The predicted octanol–water partition coefficient (Wildman–Crippen LogP) is 4.63. The van der Waals surface area contributed by atoms with Crippen LogP contribution in [0.3, 0.4) is 0 Å². The number of hydrogen-bond donors (Lipinski definition) is 1. The Kier molecular flexibility index (Phi) is 4.59. The van der Waals surface area contributed by atoms with Crippen LogP contribution in [0.2, 0.25) is 0 Å². The van der Waals surface area contributed by atoms with Crippen molar-refractivity contribution in [1.82, 2.24) is 0 Å². The molecule has 5 heteroatoms. The topological polar surface area (TPSA) is 32.3 Å². The summed E-state index contributed by atoms with van der Waals surface area (Å²) >= 11 is 0. The number of nitrogens with one attached hydrogen (secondary N) is 1. The number of hydrogen-bond acceptors (Lipinski definition) is 2. The lowest BCUT2D eigenvalue weighted by Gasteiger charge is -2.19. The van der Waals surface area contributed by atoms with Crippen LogP contribution in [0.5, 0.6) is 0 Å². The minimum absolute atomic E-state index is 0.0845. The second-order valence-corrected chi connectivity index (χ2v) is 6.53. The summed E-state index contributed by atoms with van der Waals surface area (Å²) in [5, 5.41) is 2.94. The number of anilines is 2. The van der Waals surface area contributed by atoms with Gasteiger partial charge < -0.3 is 10.2 Å². The molecule has 1 N–H and O–H groups in total. The van der Waals surface area contributed by atoms with Crippen molar-refractivity contribution in [2.24, 2.45) is 0 Å². The highest BCUT2D eigenvalue weighted by atomic mass is 19.2. The zero-order chi connectivity index (χ0) is 18.8. The standard InChI is InChI=1S/C22H18F2N2O/c23-18-12-16-10-11-26(21(16)13-19(18)24)14-22(27)25-20-9-5-4-8-17(20)15-6-2-1-3-7-15/h1-9,12-13H,10-11,14H2,(H,25,27). The van der Waals surface area contributed by atoms with Crippen molar-refractivity contribution in [2.45, 2.75) is 6.42 Å². The van der Waals surface area contributed by atoms with Gasteiger partial charge in [0.25, 0.3) is 0 Å². The van der Waals surface area contributed by atoms with Crippen molar-refractivity contribution < 1.29 is 13.6 Å². The largest absolute Gasteiger partial charge is 0.362 e. The second kappa shape index (κ2) is 7.19. The molecule has 0 bridgehead atoms. The lowest BCUT2D eigenvalue weighted by Crippen LogP contribution is -2.32. The quantitative estimate of drug-likeness (QED) is 0.732. The first-order valence-corrected chi connectivity index (χ1v) is 8.79. The highest BCUT2D eigenvalue weighted by Gasteiger charge is 2.23. The number of para-hydroxylation sites is 1. The maximum Gasteiger partial charge on any atom is 0.243 e. The van der Waals surface area contributed by atoms with Crippen LogP contribution in [0, 0.1) is 11.6 Å². The minimum atomic E-state index is -0.893. The Morgan fingerprint density at radius 1 is 0.963 bits per heavy atom. The van der Waals surface area contributed by atoms with Crippen molar-refractivity contribution >= 4 is 17.3 Å². The normalized spacial score (nSPS) is 12.7. The van der Waals surface area contributed by atoms with E-state index in [0.717, 1.165) is 22.4 Å². The number of carbonyl (C=O) groups excluding carboxylic acids is 1. The van der Waals surface area contributed by atoms with Crippen LogP contribution < -0.4 is 10.2 Å². The zero-order valence-corrected chi connectivity index (χ0v) is 14.6. The highest BCUT2D eigenvalue weighted by Crippen LogP contribution is 2.31. The minimum Gasteiger partial charge on any atom is -0.362 e. The van der Waals surface area contributed by atoms with Crippen LogP contribution in [0.4, 0.5) is 20.2 Å². The maximum atomic E-state index is 13.6. The average Bonchev–Trinajstić information content (AvgIpc) is 3.04. The van der Waals surface area contributed by atoms with Gasteiger partial charge in [-0.1, -0.05) is 48.5 Å². The van der Waals surface area contributed by atoms with Crippen molar-refractivity contribution in [3.05, 3.63) is 83.9 Å². The van der Waals surface area contributed by atoms with E-state index in [1.54, 1.807) is 4.90 Å². The zero-order valence-electron chi connectivity index (χ0n) is 14.6. The predicted molar refractivity (Wildman–Crippen MR) is 103 cm³/mol. The molecule has 1 aliphatic heterocycles. The van der Waals surface area contributed by atoms with Gasteiger partial charge in [0.05, 0.1) is 6.54 Å². The summed E-state index contributed by atoms with van der Waals surface area (Å²) in [5.41, 5.74) is 3.98. The number of carbonyl (C=O) groups is 1. The van der Waals surface area contributed by atoms with Crippen LogP contribution in [-0.4, -0.2) is 19.0 Å². The van der Waals surface area contributed by atoms with Gasteiger partial charge in [-0.2, -0.15) is 0 Å². The lowest BCUT2D eigenvalue weighted by atomic mass is 10.0. The van der Waals surface area contributed by atoms with Crippen LogP contribution in [0.15, 0.2) is 66.7 Å². The molecule has 1 aliphatic rings. The first-order chi connectivity index (χ1) is 13.1. The molecule has 0 atom stereocenters. The molecule has 0 radical (unpaired) electrons. The molecule has 4 rings (SSSR count). The van der Waals surface area contributed by atoms with E-state index in [-0.39, 0.29) is 12.5 Å². The lowest BCUT2D eigenvalue weighted by molar-refractivity contribution is -0.115. The third-order valence-corrected chi connectivity index (χ3v) is 4.73. The molecular weight excluding hydrogens is 346 g/mol. The smallest absolute Gasteiger partial charge is 0.243 e. The summed E-state index contributed by atoms with van der Waals surface area (Å²) in [7, 11) is 0. The fourth-order valence-corrected chi connectivity index (χ4v) is 3.44. The van der Waals surface area contributed by atoms with Crippen molar-refractivity contribution in [3.63, 3.8) is 0 Å². The number of fused-ring (bicyclic) bond motifs is 1. The molecule has 0 unspecified atom stereocenters. The van der Waals surface area contributed by atoms with Gasteiger partial charge in [0, 0.05) is 29.5 Å². The Morgan fingerprint density at radius 3 is 2.48 bits per heavy atom. The Bertz CT molecular complexity index is 989. The van der Waals surface area contributed by atoms with Crippen LogP contribution >= 0.6 is 0 Å². The van der Waals surface area contributed by atoms with Crippen molar-refractivity contribution in [2.75, 3.05) is 23.3 Å². The molecule has 136 valence electrons. The molecule has 27 heavy (non-hydrogen) atoms. The Balaban J connectivity index is 1.52. The summed E-state index contributed by atoms with van der Waals surface area (Å²) in [6.45, 7) is 0.646. The molecule has 0 saturated carbocycles. The third-order valence-electron chi connectivity index (χ3n) is 4.73. The molecule has 3 nitrogen and oxygen atoms in total. The van der Waals surface area contributed by atoms with E-state index >= 15 is 0 Å². The van der Waals surface area contributed by atoms with E-state index in [0.29, 0.717) is 18.7 Å². The summed E-state index contributed by atoms with van der Waals surface area (Å²) in [5.74, 6) is -1.94. The van der Waals surface area contributed by atoms with Crippen LogP contribution in [0.25, 0.3) is 11.1 Å². The molecule has 1 heterocycles. The molecule has 0 aromatic heterocycles. The summed E-state index contributed by atoms with van der Waals surface area (Å²) in [6.07, 6.45) is 0.598. The number of rotatable bonds is 4. The van der Waals surface area contributed by atoms with Gasteiger partial charge >= 0.3 is 0 Å². The summed E-state index contributed by atoms with van der Waals surface area (Å²) in [4.78, 5) is 14.4. The van der Waals surface area contributed by atoms with E-state index in [2.05, 4.69) is 5.32 Å². The maximum absolute atomic E-state index is 13.6. The summed E-state index contributed by atoms with van der Waals surface area (Å²) in [6, 6.07) is 19.8. The van der Waals surface area contributed by atoms with E-state index in [1.807, 2.05) is 54.6 Å². The highest BCUT2D eigenvalue weighted by molar-refractivity contribution is 5.98. The summed E-state index contributed by atoms with van der Waals surface area (Å²) < 4.78 is 27.0. The van der Waals surface area contributed by atoms with E-state index in [1.165, 1.54) is 12.1 Å². The van der Waals surface area contributed by atoms with Gasteiger partial charge in [0.1, 0.15) is 0 Å². The fraction of sp³-hybridized carbons (Fsp3) is 0.136. The number of amides is 1. The molecule has 0 saturated heterocycles. The van der Waals surface area contributed by atoms with E-state index in [9.17, 15) is 13.6 Å². The van der Waals surface area contributed by atoms with Crippen LogP contribution in [-0.2, 0) is 11.2 Å². The number of halogens is 2. The van der Waals surface area contributed by atoms with Gasteiger partial charge in [-0.15, -0.1) is 0 Å². The van der Waals surface area contributed by atoms with E-state index in [4.69, 9.17) is 0 Å². The van der Waals surface area contributed by atoms with Crippen molar-refractivity contribution in [3.8, 4) is 11.1 Å². The number of benzene rings is 3. The van der Waals surface area contributed by atoms with Gasteiger partial charge in [0.15, 0.2) is 11.6 Å². The average molecular weight is 364 g/mol. The molecule has 0 aliphatic carbocycles. The monoisotopic (exact) mass is 364 g/mol. The van der Waals surface area contributed by atoms with E-state index < -0.39 is 11.6 Å². The SMILES string of the molecule is O=C(CN1CCc2cc(F)c(F)cc21)Nc1ccccc1-c1ccccc1. The van der Waals surface area contributed by atoms with Crippen molar-refractivity contribution in [1.29, 1.82) is 0 Å². The molecule has 0 fully saturated rings. The first-order valence-electron chi connectivity index (χ1n) is 8.79. The van der Waals surface area contributed by atoms with Gasteiger partial charge in [-0.25, -0.2) is 8.78 Å². The Morgan fingerprint density at radius 2 is 1.67 bits per heavy atom. The molecule has 0 spiro atoms. The molecule has 3 aromatic carbocycles. The van der Waals surface area contributed by atoms with Gasteiger partial charge in [-0.3, -0.25) is 4.79 Å². The first kappa shape index (κ1) is 17.2. The van der Waals surface area contributed by atoms with Gasteiger partial charge in [0.2, 0.25) is 5.91 Å².